The molecule has 3 nitrogen and oxygen atoms in total. The molecule has 0 bridgehead atoms. The molecule has 6 heteroatoms. The van der Waals surface area contributed by atoms with Gasteiger partial charge in [0, 0.05) is 19.3 Å². The molecule has 2 aliphatic heterocycles. The summed E-state index contributed by atoms with van der Waals surface area (Å²) in [5, 5.41) is 1.20. The third-order valence-electron chi connectivity index (χ3n) is 3.49. The standard InChI is InChI=1S/C16H16N2OS3/c1-17-9-10-21-14(17)8-7-13-15(19)18(16(20)22-13)11-12-5-3-2-4-6-12/h2-8H,9-11H2,1H3. The van der Waals surface area contributed by atoms with Gasteiger partial charge >= 0.3 is 0 Å². The SMILES string of the molecule is CN1CCSC1=CC=C1SC(=S)N(Cc2ccccc2)C1=O. The number of carbonyl (C=O) groups is 1. The van der Waals surface area contributed by atoms with Crippen LogP contribution in [0.2, 0.25) is 0 Å². The molecule has 0 saturated carbocycles. The summed E-state index contributed by atoms with van der Waals surface area (Å²) >= 11 is 8.55. The zero-order valence-electron chi connectivity index (χ0n) is 12.2. The first-order chi connectivity index (χ1) is 10.6. The highest BCUT2D eigenvalue weighted by Crippen LogP contribution is 2.33. The molecule has 22 heavy (non-hydrogen) atoms. The second kappa shape index (κ2) is 6.89. The maximum atomic E-state index is 12.5. The fourth-order valence-corrected chi connectivity index (χ4v) is 4.49. The molecule has 0 N–H and O–H groups in total. The average molecular weight is 349 g/mol. The summed E-state index contributed by atoms with van der Waals surface area (Å²) in [5.74, 6) is 1.10. The summed E-state index contributed by atoms with van der Waals surface area (Å²) < 4.78 is 0.630. The Hall–Kier alpha value is -1.24. The third-order valence-corrected chi connectivity index (χ3v) is 6.01. The van der Waals surface area contributed by atoms with Gasteiger partial charge in [-0.1, -0.05) is 54.3 Å². The van der Waals surface area contributed by atoms with Crippen molar-refractivity contribution in [2.24, 2.45) is 0 Å². The van der Waals surface area contributed by atoms with E-state index in [-0.39, 0.29) is 5.91 Å². The van der Waals surface area contributed by atoms with Crippen molar-refractivity contribution < 1.29 is 4.79 Å². The van der Waals surface area contributed by atoms with E-state index in [1.807, 2.05) is 54.2 Å². The van der Waals surface area contributed by atoms with Gasteiger partial charge in [0.15, 0.2) is 0 Å². The zero-order valence-corrected chi connectivity index (χ0v) is 14.6. The van der Waals surface area contributed by atoms with Crippen LogP contribution in [0.15, 0.2) is 52.4 Å². The van der Waals surface area contributed by atoms with Crippen molar-refractivity contribution in [2.45, 2.75) is 6.54 Å². The predicted octanol–water partition coefficient (Wildman–Crippen LogP) is 3.45. The number of benzene rings is 1. The number of hydrogen-bond donors (Lipinski definition) is 0. The molecule has 2 heterocycles. The van der Waals surface area contributed by atoms with Crippen molar-refractivity contribution in [3.05, 3.63) is 58.0 Å². The monoisotopic (exact) mass is 348 g/mol. The van der Waals surface area contributed by atoms with Crippen molar-refractivity contribution in [3.8, 4) is 0 Å². The van der Waals surface area contributed by atoms with Crippen molar-refractivity contribution in [1.82, 2.24) is 9.80 Å². The molecule has 2 saturated heterocycles. The fourth-order valence-electron chi connectivity index (χ4n) is 2.25. The van der Waals surface area contributed by atoms with E-state index < -0.39 is 0 Å². The van der Waals surface area contributed by atoms with E-state index in [2.05, 4.69) is 11.9 Å². The average Bonchev–Trinajstić information content (AvgIpc) is 3.04. The van der Waals surface area contributed by atoms with Gasteiger partial charge in [-0.25, -0.2) is 0 Å². The minimum Gasteiger partial charge on any atom is -0.369 e. The molecule has 1 aromatic rings. The molecule has 0 atom stereocenters. The molecular formula is C16H16N2OS3. The summed E-state index contributed by atoms with van der Waals surface area (Å²) in [6.07, 6.45) is 3.92. The van der Waals surface area contributed by atoms with Crippen LogP contribution < -0.4 is 0 Å². The lowest BCUT2D eigenvalue weighted by molar-refractivity contribution is -0.122. The Balaban J connectivity index is 1.74. The molecule has 2 fully saturated rings. The number of nitrogens with zero attached hydrogens (tertiary/aromatic N) is 2. The summed E-state index contributed by atoms with van der Waals surface area (Å²) in [7, 11) is 2.07. The number of hydrogen-bond acceptors (Lipinski definition) is 5. The van der Waals surface area contributed by atoms with Gasteiger partial charge in [-0.2, -0.15) is 0 Å². The first kappa shape index (κ1) is 15.6. The van der Waals surface area contributed by atoms with Crippen LogP contribution in [0.4, 0.5) is 0 Å². The van der Waals surface area contributed by atoms with Crippen LogP contribution in [0.5, 0.6) is 0 Å². The van der Waals surface area contributed by atoms with E-state index in [1.165, 1.54) is 16.8 Å². The number of thioether (sulfide) groups is 2. The third kappa shape index (κ3) is 3.39. The molecule has 0 spiro atoms. The normalized spacial score (nSPS) is 22.4. The molecule has 1 aromatic carbocycles. The Morgan fingerprint density at radius 1 is 1.27 bits per heavy atom. The number of amides is 1. The lowest BCUT2D eigenvalue weighted by Gasteiger charge is -2.14. The smallest absolute Gasteiger partial charge is 0.266 e. The lowest BCUT2D eigenvalue weighted by Crippen LogP contribution is -2.27. The van der Waals surface area contributed by atoms with Gasteiger partial charge in [-0.15, -0.1) is 11.8 Å². The predicted molar refractivity (Wildman–Crippen MR) is 98.4 cm³/mol. The molecule has 1 amide bonds. The Morgan fingerprint density at radius 3 is 2.73 bits per heavy atom. The van der Waals surface area contributed by atoms with Crippen LogP contribution in [0.25, 0.3) is 0 Å². The molecule has 0 unspecified atom stereocenters. The lowest BCUT2D eigenvalue weighted by atomic mass is 10.2. The maximum absolute atomic E-state index is 12.5. The van der Waals surface area contributed by atoms with Gasteiger partial charge in [0.2, 0.25) is 0 Å². The van der Waals surface area contributed by atoms with Crippen LogP contribution in [0, 0.1) is 0 Å². The Bertz CT molecular complexity index is 655. The molecule has 3 rings (SSSR count). The van der Waals surface area contributed by atoms with E-state index in [9.17, 15) is 4.79 Å². The van der Waals surface area contributed by atoms with Crippen molar-refractivity contribution >= 4 is 46.0 Å². The van der Waals surface area contributed by atoms with Crippen molar-refractivity contribution in [1.29, 1.82) is 0 Å². The van der Waals surface area contributed by atoms with Crippen LogP contribution in [0.3, 0.4) is 0 Å². The van der Waals surface area contributed by atoms with Gasteiger partial charge < -0.3 is 4.90 Å². The second-order valence-corrected chi connectivity index (χ2v) is 7.84. The van der Waals surface area contributed by atoms with E-state index >= 15 is 0 Å². The highest BCUT2D eigenvalue weighted by Gasteiger charge is 2.31. The number of rotatable bonds is 3. The highest BCUT2D eigenvalue weighted by atomic mass is 32.2. The van der Waals surface area contributed by atoms with Gasteiger partial charge in [-0.3, -0.25) is 9.69 Å². The topological polar surface area (TPSA) is 23.6 Å². The van der Waals surface area contributed by atoms with Gasteiger partial charge in [0.05, 0.1) is 16.5 Å². The second-order valence-electron chi connectivity index (χ2n) is 5.05. The Labute approximate surface area is 144 Å². The summed E-state index contributed by atoms with van der Waals surface area (Å²) in [6.45, 7) is 1.59. The minimum atomic E-state index is 0.00125. The van der Waals surface area contributed by atoms with Gasteiger partial charge in [0.25, 0.3) is 5.91 Å². The highest BCUT2D eigenvalue weighted by molar-refractivity contribution is 8.26. The summed E-state index contributed by atoms with van der Waals surface area (Å²) in [4.78, 5) is 17.1. The van der Waals surface area contributed by atoms with E-state index in [0.717, 1.165) is 17.9 Å². The van der Waals surface area contributed by atoms with Crippen LogP contribution >= 0.6 is 35.7 Å². The summed E-state index contributed by atoms with van der Waals surface area (Å²) in [6, 6.07) is 9.93. The van der Waals surface area contributed by atoms with E-state index in [0.29, 0.717) is 15.8 Å². The van der Waals surface area contributed by atoms with Crippen molar-refractivity contribution in [3.63, 3.8) is 0 Å². The van der Waals surface area contributed by atoms with Gasteiger partial charge in [0.1, 0.15) is 4.32 Å². The van der Waals surface area contributed by atoms with Crippen LogP contribution in [-0.2, 0) is 11.3 Å². The molecule has 0 radical (unpaired) electrons. The molecule has 2 aliphatic rings. The number of carbonyl (C=O) groups excluding carboxylic acids is 1. The molecule has 114 valence electrons. The van der Waals surface area contributed by atoms with Gasteiger partial charge in [-0.05, 0) is 17.7 Å². The van der Waals surface area contributed by atoms with E-state index in [4.69, 9.17) is 12.2 Å². The first-order valence-corrected chi connectivity index (χ1v) is 9.20. The molecular weight excluding hydrogens is 332 g/mol. The molecule has 0 aromatic heterocycles. The zero-order chi connectivity index (χ0) is 15.5. The largest absolute Gasteiger partial charge is 0.369 e. The fraction of sp³-hybridized carbons (Fsp3) is 0.250. The Kier molecular flexibility index (Phi) is 4.90. The molecule has 0 aliphatic carbocycles. The van der Waals surface area contributed by atoms with E-state index in [1.54, 1.807) is 4.90 Å². The van der Waals surface area contributed by atoms with Crippen molar-refractivity contribution in [2.75, 3.05) is 19.3 Å². The number of allylic oxidation sites excluding steroid dienone is 2. The quantitative estimate of drug-likeness (QED) is 0.615. The number of thiocarbonyl (C=S) groups is 1. The summed E-state index contributed by atoms with van der Waals surface area (Å²) in [5.41, 5.74) is 1.09. The Morgan fingerprint density at radius 2 is 2.05 bits per heavy atom. The first-order valence-electron chi connectivity index (χ1n) is 6.98. The van der Waals surface area contributed by atoms with Crippen LogP contribution in [0.1, 0.15) is 5.56 Å². The minimum absolute atomic E-state index is 0.00125. The maximum Gasteiger partial charge on any atom is 0.266 e. The van der Waals surface area contributed by atoms with Crippen LogP contribution in [-0.4, -0.2) is 39.4 Å².